The summed E-state index contributed by atoms with van der Waals surface area (Å²) in [5, 5.41) is 5.97. The predicted molar refractivity (Wildman–Crippen MR) is 183 cm³/mol. The average Bonchev–Trinajstić information content (AvgIpc) is 3.37. The number of urea groups is 1. The SMILES string of the molecule is CN(C(=O)CCCOc1ccc2c(c1)CN(CC(=O)OCCc1ccccc1)C(NC(=O)NC1CCCCC1)=N2)C1CCCCCC1. The lowest BCUT2D eigenvalue weighted by Crippen LogP contribution is -2.52. The number of carbonyl (C=O) groups excluding carboxylic acids is 3. The van der Waals surface area contributed by atoms with E-state index in [1.165, 1.54) is 32.1 Å². The Morgan fingerprint density at radius 3 is 2.40 bits per heavy atom. The average molecular weight is 646 g/mol. The molecule has 0 aromatic heterocycles. The van der Waals surface area contributed by atoms with E-state index in [-0.39, 0.29) is 31.1 Å². The van der Waals surface area contributed by atoms with Gasteiger partial charge in [0, 0.05) is 44.1 Å². The highest BCUT2D eigenvalue weighted by Crippen LogP contribution is 2.30. The molecule has 2 aromatic rings. The zero-order valence-electron chi connectivity index (χ0n) is 27.9. The summed E-state index contributed by atoms with van der Waals surface area (Å²) in [6, 6.07) is 15.7. The van der Waals surface area contributed by atoms with E-state index in [1.807, 2.05) is 60.5 Å². The third-order valence-electron chi connectivity index (χ3n) is 9.49. The minimum absolute atomic E-state index is 0.0571. The number of guanidine groups is 1. The molecule has 3 aliphatic rings. The lowest BCUT2D eigenvalue weighted by Gasteiger charge is -2.30. The van der Waals surface area contributed by atoms with Gasteiger partial charge in [0.05, 0.1) is 18.9 Å². The minimum atomic E-state index is -0.391. The maximum absolute atomic E-state index is 13.0. The first-order valence-electron chi connectivity index (χ1n) is 17.6. The van der Waals surface area contributed by atoms with Crippen LogP contribution in [0.2, 0.25) is 0 Å². The van der Waals surface area contributed by atoms with Gasteiger partial charge in [0.2, 0.25) is 11.9 Å². The van der Waals surface area contributed by atoms with Crippen LogP contribution in [0.1, 0.15) is 94.6 Å². The second kappa shape index (κ2) is 17.7. The summed E-state index contributed by atoms with van der Waals surface area (Å²) in [6.45, 7) is 0.996. The summed E-state index contributed by atoms with van der Waals surface area (Å²) < 4.78 is 11.6. The van der Waals surface area contributed by atoms with Crippen molar-refractivity contribution in [2.45, 2.75) is 109 Å². The molecule has 10 heteroatoms. The van der Waals surface area contributed by atoms with Crippen molar-refractivity contribution in [2.75, 3.05) is 26.8 Å². The standard InChI is InChI=1S/C37H51N5O5/c1-41(31-17-10-2-3-11-18-31)34(43)19-12-23-46-32-20-21-33-29(25-32)26-42(27-35(44)47-24-22-28-13-6-4-7-14-28)36(39-33)40-37(45)38-30-15-8-5-9-16-30/h4,6-7,13-14,20-21,25,30-31H,2-3,5,8-12,15-19,22-24,26-27H2,1H3,(H2,38,39,40,45). The van der Waals surface area contributed by atoms with Crippen LogP contribution in [0.4, 0.5) is 10.5 Å². The summed E-state index contributed by atoms with van der Waals surface area (Å²) in [7, 11) is 1.94. The molecule has 0 bridgehead atoms. The normalized spacial score (nSPS) is 17.1. The predicted octanol–water partition coefficient (Wildman–Crippen LogP) is 6.25. The molecule has 0 unspecified atom stereocenters. The largest absolute Gasteiger partial charge is 0.494 e. The van der Waals surface area contributed by atoms with Gasteiger partial charge in [0.15, 0.2) is 0 Å². The van der Waals surface area contributed by atoms with Crippen LogP contribution in [-0.2, 0) is 27.3 Å². The molecule has 47 heavy (non-hydrogen) atoms. The highest BCUT2D eigenvalue weighted by atomic mass is 16.5. The van der Waals surface area contributed by atoms with E-state index in [0.717, 1.165) is 49.7 Å². The van der Waals surface area contributed by atoms with Crippen molar-refractivity contribution >= 4 is 29.6 Å². The number of esters is 1. The molecule has 10 nitrogen and oxygen atoms in total. The number of fused-ring (bicyclic) bond motifs is 1. The Morgan fingerprint density at radius 1 is 0.915 bits per heavy atom. The van der Waals surface area contributed by atoms with E-state index in [2.05, 4.69) is 10.6 Å². The van der Waals surface area contributed by atoms with Crippen LogP contribution in [0.3, 0.4) is 0 Å². The first kappa shape index (κ1) is 34.3. The van der Waals surface area contributed by atoms with E-state index >= 15 is 0 Å². The van der Waals surface area contributed by atoms with Crippen LogP contribution in [0, 0.1) is 0 Å². The zero-order chi connectivity index (χ0) is 32.8. The highest BCUT2D eigenvalue weighted by molar-refractivity contribution is 5.99. The fourth-order valence-electron chi connectivity index (χ4n) is 6.73. The quantitative estimate of drug-likeness (QED) is 0.160. The van der Waals surface area contributed by atoms with Gasteiger partial charge in [-0.05, 0) is 55.9 Å². The number of nitrogens with zero attached hydrogens (tertiary/aromatic N) is 3. The van der Waals surface area contributed by atoms with Crippen LogP contribution in [0.5, 0.6) is 5.75 Å². The molecular weight excluding hydrogens is 594 g/mol. The Bertz CT molecular complexity index is 1350. The second-order valence-corrected chi connectivity index (χ2v) is 13.1. The lowest BCUT2D eigenvalue weighted by molar-refractivity contribution is -0.144. The van der Waals surface area contributed by atoms with Crippen molar-refractivity contribution < 1.29 is 23.9 Å². The number of rotatable bonds is 12. The van der Waals surface area contributed by atoms with Gasteiger partial charge in [-0.15, -0.1) is 0 Å². The summed E-state index contributed by atoms with van der Waals surface area (Å²) in [5.74, 6) is 0.785. The molecule has 0 radical (unpaired) electrons. The number of hydrogen-bond donors (Lipinski definition) is 2. The number of ether oxygens (including phenoxy) is 2. The highest BCUT2D eigenvalue weighted by Gasteiger charge is 2.26. The molecule has 2 aliphatic carbocycles. The Balaban J connectivity index is 1.16. The Morgan fingerprint density at radius 2 is 1.64 bits per heavy atom. The third kappa shape index (κ3) is 10.7. The van der Waals surface area contributed by atoms with Crippen LogP contribution >= 0.6 is 0 Å². The van der Waals surface area contributed by atoms with Crippen LogP contribution in [0.25, 0.3) is 0 Å². The molecule has 0 atom stereocenters. The van der Waals surface area contributed by atoms with Gasteiger partial charge in [0.1, 0.15) is 12.3 Å². The number of aliphatic imine (C=N–C) groups is 1. The third-order valence-corrected chi connectivity index (χ3v) is 9.49. The smallest absolute Gasteiger partial charge is 0.325 e. The number of amides is 3. The van der Waals surface area contributed by atoms with Gasteiger partial charge in [-0.3, -0.25) is 14.9 Å². The summed E-state index contributed by atoms with van der Waals surface area (Å²) in [4.78, 5) is 47.1. The molecular formula is C37H51N5O5. The zero-order valence-corrected chi connectivity index (χ0v) is 27.9. The van der Waals surface area contributed by atoms with Crippen LogP contribution in [-0.4, -0.2) is 72.6 Å². The van der Waals surface area contributed by atoms with E-state index < -0.39 is 5.97 Å². The fraction of sp³-hybridized carbons (Fsp3) is 0.568. The first-order chi connectivity index (χ1) is 22.9. The first-order valence-corrected chi connectivity index (χ1v) is 17.6. The Kier molecular flexibility index (Phi) is 12.9. The molecule has 2 N–H and O–H groups in total. The fourth-order valence-corrected chi connectivity index (χ4v) is 6.73. The molecule has 3 amide bonds. The van der Waals surface area contributed by atoms with Crippen LogP contribution in [0.15, 0.2) is 53.5 Å². The van der Waals surface area contributed by atoms with Crippen LogP contribution < -0.4 is 15.4 Å². The van der Waals surface area contributed by atoms with Crippen molar-refractivity contribution in [3.8, 4) is 5.75 Å². The van der Waals surface area contributed by atoms with E-state index in [0.29, 0.717) is 55.9 Å². The van der Waals surface area contributed by atoms with Crippen molar-refractivity contribution in [3.63, 3.8) is 0 Å². The number of benzene rings is 2. The van der Waals surface area contributed by atoms with Gasteiger partial charge in [0.25, 0.3) is 0 Å². The topological polar surface area (TPSA) is 113 Å². The summed E-state index contributed by atoms with van der Waals surface area (Å²) in [6.07, 6.45) is 14.2. The van der Waals surface area contributed by atoms with Crippen molar-refractivity contribution in [1.82, 2.24) is 20.4 Å². The van der Waals surface area contributed by atoms with Gasteiger partial charge in [-0.2, -0.15) is 0 Å². The van der Waals surface area contributed by atoms with Crippen molar-refractivity contribution in [3.05, 3.63) is 59.7 Å². The summed E-state index contributed by atoms with van der Waals surface area (Å²) in [5.41, 5.74) is 2.68. The Labute approximate surface area is 279 Å². The lowest BCUT2D eigenvalue weighted by atomic mass is 9.96. The number of carbonyl (C=O) groups is 3. The monoisotopic (exact) mass is 645 g/mol. The van der Waals surface area contributed by atoms with Crippen molar-refractivity contribution in [1.29, 1.82) is 0 Å². The van der Waals surface area contributed by atoms with Gasteiger partial charge in [-0.25, -0.2) is 9.79 Å². The molecule has 254 valence electrons. The molecule has 0 saturated heterocycles. The molecule has 1 heterocycles. The summed E-state index contributed by atoms with van der Waals surface area (Å²) >= 11 is 0. The molecule has 2 saturated carbocycles. The Hall–Kier alpha value is -4.08. The van der Waals surface area contributed by atoms with Gasteiger partial charge in [-0.1, -0.05) is 75.3 Å². The number of nitrogens with one attached hydrogen (secondary N) is 2. The van der Waals surface area contributed by atoms with E-state index in [1.54, 1.807) is 4.90 Å². The molecule has 0 spiro atoms. The van der Waals surface area contributed by atoms with Gasteiger partial charge >= 0.3 is 12.0 Å². The molecule has 2 aromatic carbocycles. The van der Waals surface area contributed by atoms with Crippen molar-refractivity contribution in [2.24, 2.45) is 4.99 Å². The maximum atomic E-state index is 13.0. The maximum Gasteiger partial charge on any atom is 0.325 e. The number of hydrogen-bond acceptors (Lipinski definition) is 7. The van der Waals surface area contributed by atoms with E-state index in [4.69, 9.17) is 14.5 Å². The molecule has 1 aliphatic heterocycles. The van der Waals surface area contributed by atoms with E-state index in [9.17, 15) is 14.4 Å². The molecule has 5 rings (SSSR count). The van der Waals surface area contributed by atoms with Gasteiger partial charge < -0.3 is 24.6 Å². The second-order valence-electron chi connectivity index (χ2n) is 13.1. The molecule has 2 fully saturated rings. The minimum Gasteiger partial charge on any atom is -0.494 e.